The molecule has 0 unspecified atom stereocenters. The Balaban J connectivity index is 1.73. The zero-order valence-corrected chi connectivity index (χ0v) is 24.0. The van der Waals surface area contributed by atoms with E-state index in [-0.39, 0.29) is 19.5 Å². The Morgan fingerprint density at radius 2 is 1.59 bits per heavy atom. The van der Waals surface area contributed by atoms with Gasteiger partial charge < -0.3 is 33.9 Å². The molecule has 0 aliphatic rings. The van der Waals surface area contributed by atoms with Crippen molar-refractivity contribution in [1.29, 1.82) is 0 Å². The number of ether oxygens (including phenoxy) is 5. The highest BCUT2D eigenvalue weighted by atomic mass is 16.7. The van der Waals surface area contributed by atoms with Crippen molar-refractivity contribution in [3.05, 3.63) is 95.2 Å². The quantitative estimate of drug-likeness (QED) is 0.210. The average Bonchev–Trinajstić information content (AvgIpc) is 3.33. The third kappa shape index (κ3) is 7.77. The van der Waals surface area contributed by atoms with E-state index in [1.54, 1.807) is 38.3 Å². The smallest absolute Gasteiger partial charge is 0.259 e. The van der Waals surface area contributed by atoms with Crippen LogP contribution in [0.2, 0.25) is 0 Å². The molecular formula is C31H36N4O6. The van der Waals surface area contributed by atoms with Crippen molar-refractivity contribution in [2.24, 2.45) is 0 Å². The number of hydrogen-bond donors (Lipinski definition) is 1. The molecule has 0 saturated heterocycles. The van der Waals surface area contributed by atoms with Crippen LogP contribution in [0.3, 0.4) is 0 Å². The molecule has 4 rings (SSSR count). The first-order valence-corrected chi connectivity index (χ1v) is 13.1. The summed E-state index contributed by atoms with van der Waals surface area (Å²) in [5.74, 6) is 2.01. The Morgan fingerprint density at radius 1 is 0.878 bits per heavy atom. The van der Waals surface area contributed by atoms with E-state index in [1.165, 1.54) is 7.11 Å². The van der Waals surface area contributed by atoms with Crippen LogP contribution in [0, 0.1) is 6.92 Å². The van der Waals surface area contributed by atoms with Crippen molar-refractivity contribution in [3.63, 3.8) is 0 Å². The third-order valence-corrected chi connectivity index (χ3v) is 6.23. The van der Waals surface area contributed by atoms with Gasteiger partial charge in [-0.15, -0.1) is 0 Å². The molecular weight excluding hydrogens is 524 g/mol. The van der Waals surface area contributed by atoms with Crippen molar-refractivity contribution in [2.45, 2.75) is 20.0 Å². The molecule has 0 aliphatic carbocycles. The molecule has 3 aromatic carbocycles. The number of benzene rings is 3. The number of amides is 1. The summed E-state index contributed by atoms with van der Waals surface area (Å²) in [7, 11) is 6.46. The maximum Gasteiger partial charge on any atom is 0.259 e. The van der Waals surface area contributed by atoms with Crippen LogP contribution in [0.25, 0.3) is 0 Å². The second-order valence-corrected chi connectivity index (χ2v) is 9.39. The molecule has 1 N–H and O–H groups in total. The van der Waals surface area contributed by atoms with Gasteiger partial charge in [-0.2, -0.15) is 5.10 Å². The van der Waals surface area contributed by atoms with Gasteiger partial charge in [0.15, 0.2) is 13.6 Å². The van der Waals surface area contributed by atoms with Gasteiger partial charge in [0, 0.05) is 46.0 Å². The number of methoxy groups -OCH3 is 3. The molecule has 216 valence electrons. The van der Waals surface area contributed by atoms with Crippen molar-refractivity contribution >= 4 is 17.4 Å². The van der Waals surface area contributed by atoms with Gasteiger partial charge >= 0.3 is 0 Å². The molecule has 4 aromatic rings. The topological polar surface area (TPSA) is 96.3 Å². The molecule has 0 fully saturated rings. The van der Waals surface area contributed by atoms with Gasteiger partial charge in [-0.3, -0.25) is 4.79 Å². The lowest BCUT2D eigenvalue weighted by atomic mass is 10.1. The Kier molecular flexibility index (Phi) is 10.2. The summed E-state index contributed by atoms with van der Waals surface area (Å²) in [6, 6.07) is 22.9. The fraction of sp³-hybridized carbons (Fsp3) is 0.290. The van der Waals surface area contributed by atoms with Gasteiger partial charge in [0.1, 0.15) is 28.6 Å². The minimum atomic E-state index is -0.237. The van der Waals surface area contributed by atoms with Crippen molar-refractivity contribution in [1.82, 2.24) is 14.7 Å². The van der Waals surface area contributed by atoms with Gasteiger partial charge in [0.05, 0.1) is 25.0 Å². The van der Waals surface area contributed by atoms with Crippen molar-refractivity contribution in [2.75, 3.05) is 47.3 Å². The predicted molar refractivity (Wildman–Crippen MR) is 156 cm³/mol. The Labute approximate surface area is 240 Å². The first-order valence-electron chi connectivity index (χ1n) is 13.1. The number of rotatable bonds is 14. The van der Waals surface area contributed by atoms with E-state index in [0.29, 0.717) is 41.7 Å². The minimum Gasteiger partial charge on any atom is -0.497 e. The zero-order valence-electron chi connectivity index (χ0n) is 24.0. The fourth-order valence-corrected chi connectivity index (χ4v) is 4.28. The van der Waals surface area contributed by atoms with E-state index >= 15 is 0 Å². The van der Waals surface area contributed by atoms with Crippen LogP contribution in [-0.4, -0.2) is 62.6 Å². The van der Waals surface area contributed by atoms with Gasteiger partial charge in [0.25, 0.3) is 5.91 Å². The molecule has 10 nitrogen and oxygen atoms in total. The molecule has 0 radical (unpaired) electrons. The van der Waals surface area contributed by atoms with Gasteiger partial charge in [-0.1, -0.05) is 42.5 Å². The van der Waals surface area contributed by atoms with Crippen LogP contribution in [-0.2, 0) is 22.6 Å². The molecule has 0 spiro atoms. The van der Waals surface area contributed by atoms with E-state index in [0.717, 1.165) is 22.6 Å². The summed E-state index contributed by atoms with van der Waals surface area (Å²) >= 11 is 0. The number of carbonyl (C=O) groups excluding carboxylic acids is 1. The lowest BCUT2D eigenvalue weighted by Crippen LogP contribution is -2.27. The Morgan fingerprint density at radius 3 is 2.27 bits per heavy atom. The highest BCUT2D eigenvalue weighted by Gasteiger charge is 2.24. The number of aromatic nitrogens is 2. The number of hydrogen-bond acceptors (Lipinski definition) is 8. The molecule has 0 aliphatic heterocycles. The van der Waals surface area contributed by atoms with Crippen LogP contribution in [0.1, 0.15) is 27.2 Å². The molecule has 1 heterocycles. The van der Waals surface area contributed by atoms with Crippen LogP contribution in [0.5, 0.6) is 17.2 Å². The van der Waals surface area contributed by atoms with E-state index in [4.69, 9.17) is 23.7 Å². The fourth-order valence-electron chi connectivity index (χ4n) is 4.28. The highest BCUT2D eigenvalue weighted by molar-refractivity contribution is 6.03. The van der Waals surface area contributed by atoms with Crippen LogP contribution >= 0.6 is 0 Å². The Hall–Kier alpha value is -4.54. The normalized spacial score (nSPS) is 10.8. The monoisotopic (exact) mass is 560 g/mol. The number of aryl methyl sites for hydroxylation is 1. The van der Waals surface area contributed by atoms with Gasteiger partial charge in [-0.05, 0) is 30.2 Å². The summed E-state index contributed by atoms with van der Waals surface area (Å²) in [6.45, 7) is 2.81. The average molecular weight is 561 g/mol. The minimum absolute atomic E-state index is 0.0267. The van der Waals surface area contributed by atoms with E-state index in [1.807, 2.05) is 72.3 Å². The van der Waals surface area contributed by atoms with E-state index in [2.05, 4.69) is 10.4 Å². The molecule has 0 atom stereocenters. The summed E-state index contributed by atoms with van der Waals surface area (Å²) in [4.78, 5) is 15.6. The van der Waals surface area contributed by atoms with E-state index < -0.39 is 0 Å². The standard InChI is InChI=1S/C31H36N4O6/c1-22-15-29(35(33-22)19-24-11-13-25(39-5)14-12-24)32-27-16-26(40-20-37-3)17-28(41-21-38-4)30(27)31(36)34(2)18-23-9-7-6-8-10-23/h6-17,32H,18-21H2,1-5H3. The van der Waals surface area contributed by atoms with Crippen LogP contribution < -0.4 is 19.5 Å². The first kappa shape index (κ1) is 29.4. The summed E-state index contributed by atoms with van der Waals surface area (Å²) in [5, 5.41) is 8.10. The molecule has 10 heteroatoms. The second kappa shape index (κ2) is 14.2. The largest absolute Gasteiger partial charge is 0.497 e. The molecule has 0 saturated carbocycles. The summed E-state index contributed by atoms with van der Waals surface area (Å²) < 4.78 is 29.1. The third-order valence-electron chi connectivity index (χ3n) is 6.23. The second-order valence-electron chi connectivity index (χ2n) is 9.39. The Bertz CT molecular complexity index is 1420. The van der Waals surface area contributed by atoms with Crippen molar-refractivity contribution in [3.8, 4) is 17.2 Å². The van der Waals surface area contributed by atoms with Crippen LogP contribution in [0.4, 0.5) is 11.5 Å². The predicted octanol–water partition coefficient (Wildman–Crippen LogP) is 5.23. The maximum absolute atomic E-state index is 14.0. The maximum atomic E-state index is 14.0. The molecule has 1 aromatic heterocycles. The van der Waals surface area contributed by atoms with Gasteiger partial charge in [0.2, 0.25) is 0 Å². The molecule has 41 heavy (non-hydrogen) atoms. The summed E-state index contributed by atoms with van der Waals surface area (Å²) in [5.41, 5.74) is 3.69. The van der Waals surface area contributed by atoms with Crippen LogP contribution in [0.15, 0.2) is 72.8 Å². The number of anilines is 2. The number of carbonyl (C=O) groups is 1. The number of nitrogens with one attached hydrogen (secondary N) is 1. The lowest BCUT2D eigenvalue weighted by molar-refractivity contribution is 0.0451. The van der Waals surface area contributed by atoms with Gasteiger partial charge in [-0.25, -0.2) is 4.68 Å². The lowest BCUT2D eigenvalue weighted by Gasteiger charge is -2.23. The van der Waals surface area contributed by atoms with E-state index in [9.17, 15) is 4.79 Å². The molecule has 1 amide bonds. The first-order chi connectivity index (χ1) is 19.9. The molecule has 0 bridgehead atoms. The highest BCUT2D eigenvalue weighted by Crippen LogP contribution is 2.36. The number of nitrogens with zero attached hydrogens (tertiary/aromatic N) is 3. The SMILES string of the molecule is COCOc1cc(Nc2cc(C)nn2Cc2ccc(OC)cc2)c(C(=O)N(C)Cc2ccccc2)c(OCOC)c1. The van der Waals surface area contributed by atoms with Crippen molar-refractivity contribution < 1.29 is 28.5 Å². The summed E-state index contributed by atoms with van der Waals surface area (Å²) in [6.07, 6.45) is 0. The zero-order chi connectivity index (χ0) is 29.2.